The molecule has 2 amide bonds. The number of amides is 2. The molecule has 4 rings (SSSR count). The maximum Gasteiger partial charge on any atom is 0.225 e. The van der Waals surface area contributed by atoms with Gasteiger partial charge in [-0.05, 0) is 50.3 Å². The molecule has 1 unspecified atom stereocenters. The molecule has 1 aromatic rings. The minimum atomic E-state index is -0.145. The van der Waals surface area contributed by atoms with Crippen molar-refractivity contribution in [2.45, 2.75) is 38.6 Å². The second-order valence-corrected chi connectivity index (χ2v) is 8.48. The van der Waals surface area contributed by atoms with Crippen LogP contribution in [0.5, 0.6) is 11.5 Å². The highest BCUT2D eigenvalue weighted by molar-refractivity contribution is 9.10. The van der Waals surface area contributed by atoms with E-state index in [0.29, 0.717) is 32.1 Å². The SMILES string of the molecule is CC(NC(=O)C1CCN(C(=O)C2CC2)CC1)c1cc2c(cc1Br)OCCO2. The molecule has 27 heavy (non-hydrogen) atoms. The molecule has 6 nitrogen and oxygen atoms in total. The number of likely N-dealkylation sites (tertiary alicyclic amines) is 1. The summed E-state index contributed by atoms with van der Waals surface area (Å²) in [5.41, 5.74) is 0.967. The molecule has 1 atom stereocenters. The monoisotopic (exact) mass is 436 g/mol. The molecule has 7 heteroatoms. The smallest absolute Gasteiger partial charge is 0.225 e. The zero-order valence-corrected chi connectivity index (χ0v) is 17.1. The van der Waals surface area contributed by atoms with Gasteiger partial charge in [0.05, 0.1) is 6.04 Å². The predicted molar refractivity (Wildman–Crippen MR) is 104 cm³/mol. The highest BCUT2D eigenvalue weighted by Crippen LogP contribution is 2.38. The average Bonchev–Trinajstić information content (AvgIpc) is 3.52. The standard InChI is InChI=1S/C20H25BrN2O4/c1-12(15-10-17-18(11-16(15)21)27-9-8-26-17)22-19(24)13-4-6-23(7-5-13)20(25)14-2-3-14/h10-14H,2-9H2,1H3,(H,22,24). The fourth-order valence-electron chi connectivity index (χ4n) is 3.77. The quantitative estimate of drug-likeness (QED) is 0.787. The summed E-state index contributed by atoms with van der Waals surface area (Å²) >= 11 is 3.57. The number of hydrogen-bond donors (Lipinski definition) is 1. The van der Waals surface area contributed by atoms with Gasteiger partial charge < -0.3 is 19.7 Å². The number of nitrogens with zero attached hydrogens (tertiary/aromatic N) is 1. The molecule has 2 heterocycles. The van der Waals surface area contributed by atoms with Crippen LogP contribution in [-0.4, -0.2) is 43.0 Å². The molecule has 1 aromatic carbocycles. The van der Waals surface area contributed by atoms with Crippen LogP contribution in [0, 0.1) is 11.8 Å². The number of ether oxygens (including phenoxy) is 2. The summed E-state index contributed by atoms with van der Waals surface area (Å²) in [7, 11) is 0. The van der Waals surface area contributed by atoms with Crippen LogP contribution in [0.3, 0.4) is 0 Å². The van der Waals surface area contributed by atoms with E-state index in [-0.39, 0.29) is 29.7 Å². The van der Waals surface area contributed by atoms with Gasteiger partial charge in [-0.25, -0.2) is 0 Å². The summed E-state index contributed by atoms with van der Waals surface area (Å²) in [6, 6.07) is 3.68. The van der Waals surface area contributed by atoms with Crippen LogP contribution in [0.2, 0.25) is 0 Å². The third-order valence-electron chi connectivity index (χ3n) is 5.59. The first kappa shape index (κ1) is 18.6. The van der Waals surface area contributed by atoms with Crippen LogP contribution in [-0.2, 0) is 9.59 Å². The molecule has 0 bridgehead atoms. The number of nitrogens with one attached hydrogen (secondary N) is 1. The van der Waals surface area contributed by atoms with Crippen LogP contribution in [0.1, 0.15) is 44.2 Å². The molecule has 0 radical (unpaired) electrons. The fraction of sp³-hybridized carbons (Fsp3) is 0.600. The van der Waals surface area contributed by atoms with Crippen LogP contribution in [0.4, 0.5) is 0 Å². The second kappa shape index (κ2) is 7.70. The van der Waals surface area contributed by atoms with Gasteiger partial charge in [0.2, 0.25) is 11.8 Å². The van der Waals surface area contributed by atoms with E-state index in [1.807, 2.05) is 24.0 Å². The van der Waals surface area contributed by atoms with Crippen molar-refractivity contribution >= 4 is 27.7 Å². The van der Waals surface area contributed by atoms with Gasteiger partial charge in [-0.3, -0.25) is 9.59 Å². The average molecular weight is 437 g/mol. The van der Waals surface area contributed by atoms with Crippen molar-refractivity contribution in [3.63, 3.8) is 0 Å². The van der Waals surface area contributed by atoms with Crippen molar-refractivity contribution < 1.29 is 19.1 Å². The fourth-order valence-corrected chi connectivity index (χ4v) is 4.44. The van der Waals surface area contributed by atoms with Crippen molar-refractivity contribution in [1.82, 2.24) is 10.2 Å². The van der Waals surface area contributed by atoms with E-state index in [9.17, 15) is 9.59 Å². The van der Waals surface area contributed by atoms with Crippen LogP contribution in [0.15, 0.2) is 16.6 Å². The Kier molecular flexibility index (Phi) is 5.30. The largest absolute Gasteiger partial charge is 0.486 e. The normalized spacial score (nSPS) is 20.9. The highest BCUT2D eigenvalue weighted by Gasteiger charge is 2.36. The molecule has 146 valence electrons. The Balaban J connectivity index is 1.35. The minimum Gasteiger partial charge on any atom is -0.486 e. The van der Waals surface area contributed by atoms with Gasteiger partial charge in [0, 0.05) is 29.4 Å². The topological polar surface area (TPSA) is 67.9 Å². The van der Waals surface area contributed by atoms with E-state index in [1.165, 1.54) is 0 Å². The third-order valence-corrected chi connectivity index (χ3v) is 6.28. The first-order valence-corrected chi connectivity index (χ1v) is 10.5. The number of fused-ring (bicyclic) bond motifs is 1. The third kappa shape index (κ3) is 4.08. The van der Waals surface area contributed by atoms with Gasteiger partial charge in [0.1, 0.15) is 13.2 Å². The van der Waals surface area contributed by atoms with Crippen molar-refractivity contribution in [2.75, 3.05) is 26.3 Å². The molecule has 2 fully saturated rings. The first-order chi connectivity index (χ1) is 13.0. The van der Waals surface area contributed by atoms with E-state index in [4.69, 9.17) is 9.47 Å². The molecule has 3 aliphatic rings. The number of piperidine rings is 1. The van der Waals surface area contributed by atoms with Crippen LogP contribution < -0.4 is 14.8 Å². The van der Waals surface area contributed by atoms with E-state index >= 15 is 0 Å². The summed E-state index contributed by atoms with van der Waals surface area (Å²) in [6.45, 7) is 4.44. The molecule has 1 saturated heterocycles. The number of carbonyl (C=O) groups excluding carboxylic acids is 2. The maximum atomic E-state index is 12.7. The van der Waals surface area contributed by atoms with Crippen LogP contribution >= 0.6 is 15.9 Å². The van der Waals surface area contributed by atoms with Gasteiger partial charge >= 0.3 is 0 Å². The summed E-state index contributed by atoms with van der Waals surface area (Å²) < 4.78 is 12.1. The van der Waals surface area contributed by atoms with Crippen molar-refractivity contribution in [1.29, 1.82) is 0 Å². The lowest BCUT2D eigenvalue weighted by molar-refractivity contribution is -0.136. The predicted octanol–water partition coefficient (Wildman–Crippen LogP) is 3.05. The van der Waals surface area contributed by atoms with Crippen molar-refractivity contribution in [3.8, 4) is 11.5 Å². The van der Waals surface area contributed by atoms with Gasteiger partial charge in [-0.2, -0.15) is 0 Å². The summed E-state index contributed by atoms with van der Waals surface area (Å²) in [5, 5.41) is 3.12. The van der Waals surface area contributed by atoms with Crippen molar-refractivity contribution in [3.05, 3.63) is 22.2 Å². The minimum absolute atomic E-state index is 0.0355. The van der Waals surface area contributed by atoms with Crippen LogP contribution in [0.25, 0.3) is 0 Å². The molecule has 1 aliphatic carbocycles. The Morgan fingerprint density at radius 1 is 1.07 bits per heavy atom. The number of halogens is 1. The summed E-state index contributed by atoms with van der Waals surface area (Å²) in [5.74, 6) is 2.00. The van der Waals surface area contributed by atoms with Gasteiger partial charge in [-0.1, -0.05) is 15.9 Å². The zero-order valence-electron chi connectivity index (χ0n) is 15.5. The van der Waals surface area contributed by atoms with E-state index in [0.717, 1.165) is 41.5 Å². The first-order valence-electron chi connectivity index (χ1n) is 9.71. The van der Waals surface area contributed by atoms with Gasteiger partial charge in [0.15, 0.2) is 11.5 Å². The molecule has 2 aliphatic heterocycles. The Bertz CT molecular complexity index is 742. The van der Waals surface area contributed by atoms with Crippen molar-refractivity contribution in [2.24, 2.45) is 11.8 Å². The molecule has 1 saturated carbocycles. The van der Waals surface area contributed by atoms with Gasteiger partial charge in [-0.15, -0.1) is 0 Å². The number of carbonyl (C=O) groups is 2. The molecular weight excluding hydrogens is 412 g/mol. The molecule has 0 spiro atoms. The number of hydrogen-bond acceptors (Lipinski definition) is 4. The summed E-state index contributed by atoms with van der Waals surface area (Å²) in [6.07, 6.45) is 3.53. The van der Waals surface area contributed by atoms with E-state index in [2.05, 4.69) is 21.2 Å². The lowest BCUT2D eigenvalue weighted by Crippen LogP contribution is -2.44. The second-order valence-electron chi connectivity index (χ2n) is 7.62. The summed E-state index contributed by atoms with van der Waals surface area (Å²) in [4.78, 5) is 26.8. The van der Waals surface area contributed by atoms with Gasteiger partial charge in [0.25, 0.3) is 0 Å². The maximum absolute atomic E-state index is 12.7. The Labute approximate surface area is 167 Å². The number of benzene rings is 1. The molecule has 0 aromatic heterocycles. The lowest BCUT2D eigenvalue weighted by atomic mass is 9.95. The van der Waals surface area contributed by atoms with E-state index in [1.54, 1.807) is 0 Å². The highest BCUT2D eigenvalue weighted by atomic mass is 79.9. The molecule has 1 N–H and O–H groups in total. The Morgan fingerprint density at radius 2 is 1.70 bits per heavy atom. The zero-order chi connectivity index (χ0) is 19.0. The lowest BCUT2D eigenvalue weighted by Gasteiger charge is -2.32. The molecular formula is C20H25BrN2O4. The Morgan fingerprint density at radius 3 is 2.33 bits per heavy atom. The number of rotatable bonds is 4. The van der Waals surface area contributed by atoms with E-state index < -0.39 is 0 Å². The Hall–Kier alpha value is -1.76.